The molecular weight excluding hydrogens is 351 g/mol. The van der Waals surface area contributed by atoms with Gasteiger partial charge in [0.1, 0.15) is 5.75 Å². The lowest BCUT2D eigenvalue weighted by atomic mass is 10.2. The number of amides is 1. The van der Waals surface area contributed by atoms with Crippen molar-refractivity contribution in [1.29, 1.82) is 0 Å². The van der Waals surface area contributed by atoms with Crippen molar-refractivity contribution in [3.63, 3.8) is 0 Å². The van der Waals surface area contributed by atoms with Crippen molar-refractivity contribution in [1.82, 2.24) is 10.2 Å². The van der Waals surface area contributed by atoms with Gasteiger partial charge in [-0.15, -0.1) is 10.2 Å². The Morgan fingerprint density at radius 3 is 2.62 bits per heavy atom. The van der Waals surface area contributed by atoms with Gasteiger partial charge in [0.05, 0.1) is 12.7 Å². The van der Waals surface area contributed by atoms with Crippen LogP contribution < -0.4 is 10.1 Å². The van der Waals surface area contributed by atoms with Crippen LogP contribution in [0.4, 0.5) is 18.9 Å². The van der Waals surface area contributed by atoms with Crippen molar-refractivity contribution in [2.24, 2.45) is 0 Å². The summed E-state index contributed by atoms with van der Waals surface area (Å²) in [7, 11) is 1.50. The Bertz CT molecular complexity index is 938. The summed E-state index contributed by atoms with van der Waals surface area (Å²) < 4.78 is 48.5. The van der Waals surface area contributed by atoms with Crippen LogP contribution in [0.3, 0.4) is 0 Å². The molecule has 0 saturated carbocycles. The second-order valence-corrected chi connectivity index (χ2v) is 5.18. The Hall–Kier alpha value is -3.36. The number of methoxy groups -OCH3 is 1. The number of anilines is 1. The number of hydrogen-bond acceptors (Lipinski definition) is 5. The molecule has 0 radical (unpaired) electrons. The van der Waals surface area contributed by atoms with Gasteiger partial charge < -0.3 is 14.5 Å². The number of rotatable bonds is 4. The lowest BCUT2D eigenvalue weighted by Crippen LogP contribution is -2.13. The van der Waals surface area contributed by atoms with Crippen LogP contribution in [0.5, 0.6) is 5.75 Å². The molecule has 1 aromatic heterocycles. The standard InChI is InChI=1S/C17H12F3N3O3/c1-25-13-7-2-4-10(8-13)15-22-23-16(26-15)14(24)21-12-6-3-5-11(9-12)17(18,19)20/h2-9H,1H3,(H,21,24). The van der Waals surface area contributed by atoms with E-state index in [1.165, 1.54) is 19.2 Å². The maximum Gasteiger partial charge on any atom is 0.416 e. The molecule has 9 heteroatoms. The molecule has 1 N–H and O–H groups in total. The van der Waals surface area contributed by atoms with E-state index < -0.39 is 17.6 Å². The van der Waals surface area contributed by atoms with Crippen molar-refractivity contribution >= 4 is 11.6 Å². The van der Waals surface area contributed by atoms with Crippen molar-refractivity contribution in [2.75, 3.05) is 12.4 Å². The SMILES string of the molecule is COc1cccc(-c2nnc(C(=O)Nc3cccc(C(F)(F)F)c3)o2)c1. The van der Waals surface area contributed by atoms with Crippen LogP contribution in [-0.4, -0.2) is 23.2 Å². The van der Waals surface area contributed by atoms with E-state index in [0.29, 0.717) is 11.3 Å². The molecule has 26 heavy (non-hydrogen) atoms. The summed E-state index contributed by atoms with van der Waals surface area (Å²) in [5, 5.41) is 9.69. The summed E-state index contributed by atoms with van der Waals surface area (Å²) in [6, 6.07) is 11.0. The number of nitrogens with one attached hydrogen (secondary N) is 1. The zero-order valence-electron chi connectivity index (χ0n) is 13.4. The normalized spacial score (nSPS) is 11.2. The monoisotopic (exact) mass is 363 g/mol. The second kappa shape index (κ2) is 6.87. The molecular formula is C17H12F3N3O3. The topological polar surface area (TPSA) is 77.2 Å². The minimum atomic E-state index is -4.51. The van der Waals surface area contributed by atoms with Crippen LogP contribution >= 0.6 is 0 Å². The molecule has 3 rings (SSSR count). The Labute approximate surface area is 145 Å². The van der Waals surface area contributed by atoms with Gasteiger partial charge >= 0.3 is 18.0 Å². The fourth-order valence-electron chi connectivity index (χ4n) is 2.15. The third-order valence-corrected chi connectivity index (χ3v) is 3.38. The van der Waals surface area contributed by atoms with Gasteiger partial charge in [-0.1, -0.05) is 12.1 Å². The molecule has 0 saturated heterocycles. The predicted molar refractivity (Wildman–Crippen MR) is 85.7 cm³/mol. The highest BCUT2D eigenvalue weighted by molar-refractivity contribution is 6.01. The molecule has 6 nitrogen and oxygen atoms in total. The molecule has 2 aromatic carbocycles. The average Bonchev–Trinajstić information content (AvgIpc) is 3.11. The second-order valence-electron chi connectivity index (χ2n) is 5.18. The maximum absolute atomic E-state index is 12.7. The van der Waals surface area contributed by atoms with Gasteiger partial charge in [0.15, 0.2) is 0 Å². The zero-order chi connectivity index (χ0) is 18.7. The fraction of sp³-hybridized carbons (Fsp3) is 0.118. The van der Waals surface area contributed by atoms with E-state index in [1.807, 2.05) is 0 Å². The molecule has 0 aliphatic heterocycles. The first-order valence-corrected chi connectivity index (χ1v) is 7.33. The van der Waals surface area contributed by atoms with E-state index in [0.717, 1.165) is 12.1 Å². The van der Waals surface area contributed by atoms with Gasteiger partial charge in [0.2, 0.25) is 5.89 Å². The third-order valence-electron chi connectivity index (χ3n) is 3.38. The first-order chi connectivity index (χ1) is 12.4. The third kappa shape index (κ3) is 3.82. The predicted octanol–water partition coefficient (Wildman–Crippen LogP) is 4.02. The summed E-state index contributed by atoms with van der Waals surface area (Å²) >= 11 is 0. The van der Waals surface area contributed by atoms with E-state index >= 15 is 0 Å². The van der Waals surface area contributed by atoms with Crippen LogP contribution in [0.1, 0.15) is 16.2 Å². The van der Waals surface area contributed by atoms with Crippen LogP contribution in [0.25, 0.3) is 11.5 Å². The Kier molecular flexibility index (Phi) is 4.61. The van der Waals surface area contributed by atoms with E-state index in [9.17, 15) is 18.0 Å². The molecule has 3 aromatic rings. The zero-order valence-corrected chi connectivity index (χ0v) is 13.4. The minimum absolute atomic E-state index is 0.0362. The summed E-state index contributed by atoms with van der Waals surface area (Å²) in [5.41, 5.74) is -0.376. The first-order valence-electron chi connectivity index (χ1n) is 7.33. The lowest BCUT2D eigenvalue weighted by Gasteiger charge is -2.08. The van der Waals surface area contributed by atoms with Crippen molar-refractivity contribution in [2.45, 2.75) is 6.18 Å². The molecule has 0 atom stereocenters. The summed E-state index contributed by atoms with van der Waals surface area (Å²) in [6.45, 7) is 0. The number of aromatic nitrogens is 2. The Balaban J connectivity index is 1.78. The number of alkyl halides is 3. The first kappa shape index (κ1) is 17.5. The number of carbonyl (C=O) groups excluding carboxylic acids is 1. The van der Waals surface area contributed by atoms with E-state index in [-0.39, 0.29) is 17.5 Å². The molecule has 1 heterocycles. The minimum Gasteiger partial charge on any atom is -0.497 e. The number of benzene rings is 2. The van der Waals surface area contributed by atoms with Gasteiger partial charge in [0, 0.05) is 11.3 Å². The van der Waals surface area contributed by atoms with Gasteiger partial charge in [-0.25, -0.2) is 0 Å². The van der Waals surface area contributed by atoms with Gasteiger partial charge in [-0.3, -0.25) is 4.79 Å². The molecule has 0 unspecified atom stereocenters. The fourth-order valence-corrected chi connectivity index (χ4v) is 2.15. The van der Waals surface area contributed by atoms with E-state index in [1.54, 1.807) is 24.3 Å². The Morgan fingerprint density at radius 1 is 1.12 bits per heavy atom. The summed E-state index contributed by atoms with van der Waals surface area (Å²) in [5.74, 6) is -0.542. The highest BCUT2D eigenvalue weighted by atomic mass is 19.4. The molecule has 0 aliphatic rings. The number of ether oxygens (including phenoxy) is 1. The molecule has 1 amide bonds. The molecule has 0 bridgehead atoms. The summed E-state index contributed by atoms with van der Waals surface area (Å²) in [6.07, 6.45) is -4.51. The van der Waals surface area contributed by atoms with Gasteiger partial charge in [0.25, 0.3) is 0 Å². The maximum atomic E-state index is 12.7. The number of halogens is 3. The largest absolute Gasteiger partial charge is 0.497 e. The van der Waals surface area contributed by atoms with Crippen LogP contribution in [0.2, 0.25) is 0 Å². The Morgan fingerprint density at radius 2 is 1.88 bits per heavy atom. The highest BCUT2D eigenvalue weighted by Crippen LogP contribution is 2.30. The van der Waals surface area contributed by atoms with E-state index in [2.05, 4.69) is 15.5 Å². The van der Waals surface area contributed by atoms with Crippen molar-refractivity contribution in [3.05, 3.63) is 60.0 Å². The van der Waals surface area contributed by atoms with Crippen molar-refractivity contribution < 1.29 is 27.1 Å². The van der Waals surface area contributed by atoms with Crippen molar-refractivity contribution in [3.8, 4) is 17.2 Å². The molecule has 0 spiro atoms. The lowest BCUT2D eigenvalue weighted by molar-refractivity contribution is -0.137. The van der Waals surface area contributed by atoms with Crippen LogP contribution in [0.15, 0.2) is 52.9 Å². The smallest absolute Gasteiger partial charge is 0.416 e. The summed E-state index contributed by atoms with van der Waals surface area (Å²) in [4.78, 5) is 12.1. The van der Waals surface area contributed by atoms with Crippen LogP contribution in [-0.2, 0) is 6.18 Å². The number of hydrogen-bond donors (Lipinski definition) is 1. The quantitative estimate of drug-likeness (QED) is 0.758. The number of nitrogens with zero attached hydrogens (tertiary/aromatic N) is 2. The molecule has 0 fully saturated rings. The molecule has 134 valence electrons. The van der Waals surface area contributed by atoms with Gasteiger partial charge in [-0.05, 0) is 36.4 Å². The van der Waals surface area contributed by atoms with Gasteiger partial charge in [-0.2, -0.15) is 13.2 Å². The molecule has 0 aliphatic carbocycles. The van der Waals surface area contributed by atoms with E-state index in [4.69, 9.17) is 9.15 Å². The number of carbonyl (C=O) groups is 1. The average molecular weight is 363 g/mol. The van der Waals surface area contributed by atoms with Crippen LogP contribution in [0, 0.1) is 0 Å². The highest BCUT2D eigenvalue weighted by Gasteiger charge is 2.30.